The first-order chi connectivity index (χ1) is 13.9. The molecule has 0 saturated heterocycles. The summed E-state index contributed by atoms with van der Waals surface area (Å²) >= 11 is 2.24. The maximum Gasteiger partial charge on any atom is 0.226 e. The first-order valence-corrected chi connectivity index (χ1v) is 9.82. The van der Waals surface area contributed by atoms with E-state index in [0.29, 0.717) is 34.0 Å². The first kappa shape index (κ1) is 19.3. The van der Waals surface area contributed by atoms with E-state index < -0.39 is 6.23 Å². The predicted molar refractivity (Wildman–Crippen MR) is 116 cm³/mol. The van der Waals surface area contributed by atoms with Crippen LogP contribution in [0.25, 0.3) is 11.3 Å². The van der Waals surface area contributed by atoms with Gasteiger partial charge in [-0.25, -0.2) is 4.68 Å². The zero-order valence-corrected chi connectivity index (χ0v) is 17.8. The summed E-state index contributed by atoms with van der Waals surface area (Å²) in [5.41, 5.74) is 9.98. The molecule has 0 spiro atoms. The smallest absolute Gasteiger partial charge is 0.226 e. The standard InChI is InChI=1S/C21H17IN4O3/c1-11-18-19(12-3-8-16(27)17(9-12)28-2)15(10-23)20(24)29-21(18)26(25-11)14-6-4-13(22)5-7-14/h3-9,20,27H,24H2,1-2H3. The molecule has 1 aromatic heterocycles. The van der Waals surface area contributed by atoms with Gasteiger partial charge in [0.2, 0.25) is 5.88 Å². The number of nitriles is 1. The Morgan fingerprint density at radius 2 is 2.00 bits per heavy atom. The van der Waals surface area contributed by atoms with Crippen LogP contribution in [0.1, 0.15) is 16.8 Å². The maximum atomic E-state index is 9.96. The third kappa shape index (κ3) is 3.22. The number of nitrogens with zero attached hydrogens (tertiary/aromatic N) is 3. The molecule has 0 aliphatic carbocycles. The fourth-order valence-corrected chi connectivity index (χ4v) is 3.73. The van der Waals surface area contributed by atoms with Gasteiger partial charge in [-0.15, -0.1) is 0 Å². The number of phenols is 1. The van der Waals surface area contributed by atoms with Crippen molar-refractivity contribution in [3.63, 3.8) is 0 Å². The highest BCUT2D eigenvalue weighted by molar-refractivity contribution is 14.1. The number of hydrogen-bond donors (Lipinski definition) is 2. The SMILES string of the molecule is COc1cc(C2=C(C#N)C(N)Oc3c2c(C)nn3-c2ccc(I)cc2)ccc1O. The van der Waals surface area contributed by atoms with E-state index in [1.54, 1.807) is 16.8 Å². The molecule has 3 aromatic rings. The molecule has 0 radical (unpaired) electrons. The molecule has 0 bridgehead atoms. The van der Waals surface area contributed by atoms with Crippen LogP contribution in [0.4, 0.5) is 0 Å². The normalized spacial score (nSPS) is 15.5. The summed E-state index contributed by atoms with van der Waals surface area (Å²) in [6.07, 6.45) is -0.944. The Labute approximate surface area is 181 Å². The van der Waals surface area contributed by atoms with Crippen LogP contribution in [0, 0.1) is 21.8 Å². The third-order valence-corrected chi connectivity index (χ3v) is 5.44. The Bertz CT molecular complexity index is 1180. The molecule has 7 nitrogen and oxygen atoms in total. The largest absolute Gasteiger partial charge is 0.504 e. The number of phenolic OH excluding ortho intramolecular Hbond substituents is 1. The second-order valence-corrected chi connectivity index (χ2v) is 7.72. The number of aromatic nitrogens is 2. The summed E-state index contributed by atoms with van der Waals surface area (Å²) < 4.78 is 13.9. The van der Waals surface area contributed by atoms with Crippen LogP contribution in [0.2, 0.25) is 0 Å². The lowest BCUT2D eigenvalue weighted by Gasteiger charge is -2.25. The number of aromatic hydroxyl groups is 1. The van der Waals surface area contributed by atoms with Gasteiger partial charge in [0.05, 0.1) is 29.6 Å². The zero-order chi connectivity index (χ0) is 20.7. The monoisotopic (exact) mass is 500 g/mol. The van der Waals surface area contributed by atoms with E-state index in [0.717, 1.165) is 9.26 Å². The molecule has 1 atom stereocenters. The highest BCUT2D eigenvalue weighted by Crippen LogP contribution is 2.43. The molecular weight excluding hydrogens is 483 g/mol. The summed E-state index contributed by atoms with van der Waals surface area (Å²) in [6.45, 7) is 1.86. The van der Waals surface area contributed by atoms with Gasteiger partial charge in [-0.05, 0) is 71.5 Å². The molecular formula is C21H17IN4O3. The quantitative estimate of drug-likeness (QED) is 0.534. The minimum absolute atomic E-state index is 0.0123. The van der Waals surface area contributed by atoms with E-state index in [2.05, 4.69) is 33.8 Å². The number of nitrogens with two attached hydrogens (primary N) is 1. The number of aryl methyl sites for hydroxylation is 1. The second kappa shape index (κ2) is 7.42. The molecule has 1 unspecified atom stereocenters. The van der Waals surface area contributed by atoms with Crippen LogP contribution >= 0.6 is 22.6 Å². The van der Waals surface area contributed by atoms with E-state index in [4.69, 9.17) is 15.2 Å². The van der Waals surface area contributed by atoms with Gasteiger partial charge in [0.25, 0.3) is 0 Å². The topological polar surface area (TPSA) is 106 Å². The lowest BCUT2D eigenvalue weighted by atomic mass is 9.91. The van der Waals surface area contributed by atoms with Crippen molar-refractivity contribution in [1.29, 1.82) is 5.26 Å². The van der Waals surface area contributed by atoms with Crippen LogP contribution in [0.5, 0.6) is 17.4 Å². The Balaban J connectivity index is 1.97. The number of benzene rings is 2. The van der Waals surface area contributed by atoms with Gasteiger partial charge in [-0.2, -0.15) is 10.4 Å². The minimum Gasteiger partial charge on any atom is -0.504 e. The predicted octanol–water partition coefficient (Wildman–Crippen LogP) is 3.50. The Morgan fingerprint density at radius 1 is 1.28 bits per heavy atom. The fraction of sp³-hybridized carbons (Fsp3) is 0.143. The van der Waals surface area contributed by atoms with Gasteiger partial charge < -0.3 is 14.6 Å². The maximum absolute atomic E-state index is 9.96. The van der Waals surface area contributed by atoms with Gasteiger partial charge in [0.15, 0.2) is 17.7 Å². The molecule has 29 heavy (non-hydrogen) atoms. The van der Waals surface area contributed by atoms with Crippen LogP contribution in [-0.4, -0.2) is 28.2 Å². The Hall–Kier alpha value is -3.03. The average molecular weight is 500 g/mol. The van der Waals surface area contributed by atoms with E-state index in [1.807, 2.05) is 31.2 Å². The Morgan fingerprint density at radius 3 is 2.66 bits per heavy atom. The van der Waals surface area contributed by atoms with Crippen molar-refractivity contribution in [2.45, 2.75) is 13.2 Å². The number of hydrogen-bond acceptors (Lipinski definition) is 6. The van der Waals surface area contributed by atoms with E-state index in [1.165, 1.54) is 13.2 Å². The summed E-state index contributed by atoms with van der Waals surface area (Å²) in [4.78, 5) is 0. The number of ether oxygens (including phenoxy) is 2. The highest BCUT2D eigenvalue weighted by Gasteiger charge is 2.33. The molecule has 4 rings (SSSR count). The van der Waals surface area contributed by atoms with Gasteiger partial charge in [0.1, 0.15) is 6.07 Å². The molecule has 8 heteroatoms. The molecule has 1 aliphatic rings. The number of halogens is 1. The van der Waals surface area contributed by atoms with Gasteiger partial charge in [-0.3, -0.25) is 5.73 Å². The zero-order valence-electron chi connectivity index (χ0n) is 15.7. The molecule has 0 fully saturated rings. The van der Waals surface area contributed by atoms with Crippen LogP contribution in [0.15, 0.2) is 48.0 Å². The van der Waals surface area contributed by atoms with Crippen LogP contribution in [0.3, 0.4) is 0 Å². The van der Waals surface area contributed by atoms with Crippen LogP contribution < -0.4 is 15.2 Å². The molecule has 0 amide bonds. The molecule has 146 valence electrons. The second-order valence-electron chi connectivity index (χ2n) is 6.48. The summed E-state index contributed by atoms with van der Waals surface area (Å²) in [5, 5.41) is 24.4. The van der Waals surface area contributed by atoms with Crippen molar-refractivity contribution >= 4 is 28.2 Å². The van der Waals surface area contributed by atoms with Crippen molar-refractivity contribution in [3.8, 4) is 29.1 Å². The van der Waals surface area contributed by atoms with Gasteiger partial charge in [0, 0.05) is 9.14 Å². The van der Waals surface area contributed by atoms with E-state index in [9.17, 15) is 10.4 Å². The van der Waals surface area contributed by atoms with Crippen molar-refractivity contribution in [1.82, 2.24) is 9.78 Å². The number of fused-ring (bicyclic) bond motifs is 1. The molecule has 2 heterocycles. The summed E-state index contributed by atoms with van der Waals surface area (Å²) in [5.74, 6) is 0.784. The third-order valence-electron chi connectivity index (χ3n) is 4.72. The molecule has 0 saturated carbocycles. The van der Waals surface area contributed by atoms with Crippen molar-refractivity contribution in [2.24, 2.45) is 5.73 Å². The molecule has 3 N–H and O–H groups in total. The van der Waals surface area contributed by atoms with Gasteiger partial charge >= 0.3 is 0 Å². The Kier molecular flexibility index (Phi) is 4.94. The van der Waals surface area contributed by atoms with E-state index >= 15 is 0 Å². The average Bonchev–Trinajstić information content (AvgIpc) is 3.04. The first-order valence-electron chi connectivity index (χ1n) is 8.74. The summed E-state index contributed by atoms with van der Waals surface area (Å²) in [6, 6.07) is 14.9. The highest BCUT2D eigenvalue weighted by atomic mass is 127. The number of methoxy groups -OCH3 is 1. The lowest BCUT2D eigenvalue weighted by Crippen LogP contribution is -2.33. The summed E-state index contributed by atoms with van der Waals surface area (Å²) in [7, 11) is 1.47. The van der Waals surface area contributed by atoms with Crippen molar-refractivity contribution < 1.29 is 14.6 Å². The van der Waals surface area contributed by atoms with Gasteiger partial charge in [-0.1, -0.05) is 6.07 Å². The molecule has 1 aliphatic heterocycles. The van der Waals surface area contributed by atoms with Crippen molar-refractivity contribution in [2.75, 3.05) is 7.11 Å². The van der Waals surface area contributed by atoms with Crippen LogP contribution in [-0.2, 0) is 0 Å². The lowest BCUT2D eigenvalue weighted by molar-refractivity contribution is 0.228. The minimum atomic E-state index is -0.944. The van der Waals surface area contributed by atoms with E-state index in [-0.39, 0.29) is 11.3 Å². The van der Waals surface area contributed by atoms with Crippen molar-refractivity contribution in [3.05, 3.63) is 68.4 Å². The molecule has 2 aromatic carbocycles. The number of rotatable bonds is 3. The fourth-order valence-electron chi connectivity index (χ4n) is 3.37.